The third-order valence-electron chi connectivity index (χ3n) is 4.20. The molecule has 2 aromatic rings. The molecule has 2 N–H and O–H groups in total. The minimum atomic E-state index is -0.405. The quantitative estimate of drug-likeness (QED) is 0.187. The average molecular weight is 498 g/mol. The second-order valence-electron chi connectivity index (χ2n) is 6.21. The number of benzene rings is 2. The van der Waals surface area contributed by atoms with Crippen LogP contribution in [0.15, 0.2) is 53.5 Å². The number of para-hydroxylation sites is 1. The summed E-state index contributed by atoms with van der Waals surface area (Å²) in [4.78, 5) is 15.0. The lowest BCUT2D eigenvalue weighted by Gasteiger charge is -2.18. The third kappa shape index (κ3) is 7.34. The van der Waals surface area contributed by atoms with Gasteiger partial charge in [-0.3, -0.25) is 10.1 Å². The SMILES string of the molecule is CCC(C)NC(=NCc1ccc([N+](=O)[O-])cc1)NCc1ccccc1OC.I. The van der Waals surface area contributed by atoms with Crippen molar-refractivity contribution in [3.63, 3.8) is 0 Å². The molecule has 0 fully saturated rings. The van der Waals surface area contributed by atoms with E-state index in [0.29, 0.717) is 19.0 Å². The lowest BCUT2D eigenvalue weighted by atomic mass is 10.2. The highest BCUT2D eigenvalue weighted by Gasteiger charge is 2.07. The van der Waals surface area contributed by atoms with Gasteiger partial charge in [0.1, 0.15) is 5.75 Å². The van der Waals surface area contributed by atoms with Gasteiger partial charge in [-0.15, -0.1) is 24.0 Å². The van der Waals surface area contributed by atoms with Crippen molar-refractivity contribution in [3.8, 4) is 5.75 Å². The Labute approximate surface area is 182 Å². The molecule has 0 aliphatic carbocycles. The van der Waals surface area contributed by atoms with Crippen LogP contribution < -0.4 is 15.4 Å². The number of nitrogens with one attached hydrogen (secondary N) is 2. The molecule has 0 aliphatic heterocycles. The number of aliphatic imine (C=N–C) groups is 1. The highest BCUT2D eigenvalue weighted by molar-refractivity contribution is 14.0. The Kier molecular flexibility index (Phi) is 10.3. The van der Waals surface area contributed by atoms with Gasteiger partial charge in [0.15, 0.2) is 5.96 Å². The number of guanidine groups is 1. The molecule has 0 aliphatic rings. The molecule has 0 bridgehead atoms. The van der Waals surface area contributed by atoms with Crippen LogP contribution in [0.3, 0.4) is 0 Å². The van der Waals surface area contributed by atoms with Crippen LogP contribution in [0.2, 0.25) is 0 Å². The number of rotatable bonds is 8. The van der Waals surface area contributed by atoms with E-state index in [1.54, 1.807) is 19.2 Å². The molecule has 1 unspecified atom stereocenters. The lowest BCUT2D eigenvalue weighted by Crippen LogP contribution is -2.41. The minimum absolute atomic E-state index is 0. The van der Waals surface area contributed by atoms with Crippen LogP contribution in [0.25, 0.3) is 0 Å². The lowest BCUT2D eigenvalue weighted by molar-refractivity contribution is -0.384. The maximum Gasteiger partial charge on any atom is 0.269 e. The van der Waals surface area contributed by atoms with E-state index in [2.05, 4.69) is 29.5 Å². The Hall–Kier alpha value is -2.36. The van der Waals surface area contributed by atoms with Crippen LogP contribution in [0.4, 0.5) is 5.69 Å². The Morgan fingerprint density at radius 2 is 1.89 bits per heavy atom. The molecule has 0 amide bonds. The van der Waals surface area contributed by atoms with Gasteiger partial charge >= 0.3 is 0 Å². The van der Waals surface area contributed by atoms with E-state index < -0.39 is 4.92 Å². The zero-order valence-electron chi connectivity index (χ0n) is 16.3. The molecule has 0 saturated heterocycles. The second-order valence-corrected chi connectivity index (χ2v) is 6.21. The van der Waals surface area contributed by atoms with Crippen LogP contribution in [0.5, 0.6) is 5.75 Å². The first-order valence-electron chi connectivity index (χ1n) is 8.93. The summed E-state index contributed by atoms with van der Waals surface area (Å²) in [7, 11) is 1.65. The molecule has 0 aromatic heterocycles. The number of nitrogens with zero attached hydrogens (tertiary/aromatic N) is 2. The predicted molar refractivity (Wildman–Crippen MR) is 122 cm³/mol. The summed E-state index contributed by atoms with van der Waals surface area (Å²) in [6, 6.07) is 14.5. The number of ether oxygens (including phenoxy) is 1. The van der Waals surface area contributed by atoms with E-state index in [4.69, 9.17) is 4.74 Å². The largest absolute Gasteiger partial charge is 0.496 e. The summed E-state index contributed by atoms with van der Waals surface area (Å²) in [5, 5.41) is 17.4. The van der Waals surface area contributed by atoms with Crippen molar-refractivity contribution in [2.75, 3.05) is 7.11 Å². The smallest absolute Gasteiger partial charge is 0.269 e. The van der Waals surface area contributed by atoms with E-state index in [-0.39, 0.29) is 35.7 Å². The second kappa shape index (κ2) is 12.2. The summed E-state index contributed by atoms with van der Waals surface area (Å²) < 4.78 is 5.38. The highest BCUT2D eigenvalue weighted by atomic mass is 127. The minimum Gasteiger partial charge on any atom is -0.496 e. The molecule has 1 atom stereocenters. The van der Waals surface area contributed by atoms with E-state index in [1.807, 2.05) is 24.3 Å². The van der Waals surface area contributed by atoms with Gasteiger partial charge in [-0.1, -0.05) is 37.3 Å². The standard InChI is InChI=1S/C20H26N4O3.HI/c1-4-15(2)23-20(22-14-17-7-5-6-8-19(17)27-3)21-13-16-9-11-18(12-10-16)24(25)26;/h5-12,15H,4,13-14H2,1-3H3,(H2,21,22,23);1H. The number of nitro groups is 1. The maximum absolute atomic E-state index is 10.8. The van der Waals surface area contributed by atoms with E-state index >= 15 is 0 Å². The zero-order valence-corrected chi connectivity index (χ0v) is 18.7. The number of hydrogen-bond acceptors (Lipinski definition) is 4. The van der Waals surface area contributed by atoms with Crippen molar-refractivity contribution in [2.45, 2.75) is 39.4 Å². The van der Waals surface area contributed by atoms with Crippen molar-refractivity contribution in [1.82, 2.24) is 10.6 Å². The van der Waals surface area contributed by atoms with E-state index in [1.165, 1.54) is 12.1 Å². The molecule has 0 spiro atoms. The van der Waals surface area contributed by atoms with Crippen LogP contribution in [-0.2, 0) is 13.1 Å². The third-order valence-corrected chi connectivity index (χ3v) is 4.20. The Morgan fingerprint density at radius 1 is 1.21 bits per heavy atom. The number of non-ortho nitro benzene ring substituents is 1. The highest BCUT2D eigenvalue weighted by Crippen LogP contribution is 2.17. The molecule has 2 rings (SSSR count). The molecule has 2 aromatic carbocycles. The number of methoxy groups -OCH3 is 1. The molecule has 152 valence electrons. The Bertz CT molecular complexity index is 781. The Morgan fingerprint density at radius 3 is 2.50 bits per heavy atom. The van der Waals surface area contributed by atoms with Gasteiger partial charge in [-0.25, -0.2) is 4.99 Å². The number of halogens is 1. The Balaban J connectivity index is 0.00000392. The normalized spacial score (nSPS) is 11.9. The summed E-state index contributed by atoms with van der Waals surface area (Å²) >= 11 is 0. The summed E-state index contributed by atoms with van der Waals surface area (Å²) in [5.74, 6) is 1.51. The van der Waals surface area contributed by atoms with Crippen LogP contribution >= 0.6 is 24.0 Å². The molecule has 0 saturated carbocycles. The average Bonchev–Trinajstić information content (AvgIpc) is 2.70. The van der Waals surface area contributed by atoms with Crippen molar-refractivity contribution in [2.24, 2.45) is 4.99 Å². The molecular formula is C20H27IN4O3. The van der Waals surface area contributed by atoms with Gasteiger partial charge in [-0.05, 0) is 25.0 Å². The summed E-state index contributed by atoms with van der Waals surface area (Å²) in [5.41, 5.74) is 2.02. The molecule has 8 heteroatoms. The van der Waals surface area contributed by atoms with Gasteiger partial charge in [0, 0.05) is 30.3 Å². The van der Waals surface area contributed by atoms with Gasteiger partial charge in [-0.2, -0.15) is 0 Å². The molecule has 0 radical (unpaired) electrons. The van der Waals surface area contributed by atoms with Crippen molar-refractivity contribution in [1.29, 1.82) is 0 Å². The monoisotopic (exact) mass is 498 g/mol. The summed E-state index contributed by atoms with van der Waals surface area (Å²) in [6.45, 7) is 5.19. The van der Waals surface area contributed by atoms with Crippen LogP contribution in [0.1, 0.15) is 31.4 Å². The summed E-state index contributed by atoms with van der Waals surface area (Å²) in [6.07, 6.45) is 0.965. The zero-order chi connectivity index (χ0) is 19.6. The van der Waals surface area contributed by atoms with Gasteiger partial charge in [0.25, 0.3) is 5.69 Å². The van der Waals surface area contributed by atoms with E-state index in [9.17, 15) is 10.1 Å². The molecular weight excluding hydrogens is 471 g/mol. The maximum atomic E-state index is 10.8. The van der Waals surface area contributed by atoms with Crippen molar-refractivity contribution in [3.05, 3.63) is 69.8 Å². The fourth-order valence-electron chi connectivity index (χ4n) is 2.41. The topological polar surface area (TPSA) is 88.8 Å². The van der Waals surface area contributed by atoms with Gasteiger partial charge in [0.2, 0.25) is 0 Å². The molecule has 0 heterocycles. The van der Waals surface area contributed by atoms with Crippen molar-refractivity contribution >= 4 is 35.6 Å². The van der Waals surface area contributed by atoms with Crippen molar-refractivity contribution < 1.29 is 9.66 Å². The number of nitro benzene ring substituents is 1. The fraction of sp³-hybridized carbons (Fsp3) is 0.350. The van der Waals surface area contributed by atoms with Gasteiger partial charge < -0.3 is 15.4 Å². The fourth-order valence-corrected chi connectivity index (χ4v) is 2.41. The van der Waals surface area contributed by atoms with Crippen LogP contribution in [0, 0.1) is 10.1 Å². The molecule has 7 nitrogen and oxygen atoms in total. The first-order chi connectivity index (χ1) is 13.0. The molecule has 28 heavy (non-hydrogen) atoms. The predicted octanol–water partition coefficient (Wildman–Crippen LogP) is 4.26. The van der Waals surface area contributed by atoms with Gasteiger partial charge in [0.05, 0.1) is 18.6 Å². The number of hydrogen-bond donors (Lipinski definition) is 2. The van der Waals surface area contributed by atoms with E-state index in [0.717, 1.165) is 23.3 Å². The van der Waals surface area contributed by atoms with Crippen LogP contribution in [-0.4, -0.2) is 24.0 Å². The first kappa shape index (κ1) is 23.7. The first-order valence-corrected chi connectivity index (χ1v) is 8.93.